The lowest BCUT2D eigenvalue weighted by molar-refractivity contribution is -0.214. The molecular formula is C26H28FNO3. The molecule has 162 valence electrons. The standard InChI is InChI=1S/C26H28FNO3/c27-22-10-8-20(9-11-22)26(30-16-17-31-26)21-12-14-28(15-13-21)18-25(29)24-7-3-5-19-4-1-2-6-23(19)24/h1-11,21,25,29H,12-18H2. The molecule has 0 bridgehead atoms. The summed E-state index contributed by atoms with van der Waals surface area (Å²) in [6.45, 7) is 3.44. The first-order valence-electron chi connectivity index (χ1n) is 11.1. The number of hydrogen-bond acceptors (Lipinski definition) is 4. The van der Waals surface area contributed by atoms with Gasteiger partial charge in [-0.1, -0.05) is 54.6 Å². The first-order chi connectivity index (χ1) is 15.2. The van der Waals surface area contributed by atoms with Crippen LogP contribution in [-0.4, -0.2) is 42.9 Å². The number of aliphatic hydroxyl groups is 1. The minimum atomic E-state index is -0.784. The van der Waals surface area contributed by atoms with E-state index in [4.69, 9.17) is 9.47 Å². The summed E-state index contributed by atoms with van der Waals surface area (Å²) < 4.78 is 25.7. The Bertz CT molecular complexity index is 1020. The number of halogens is 1. The lowest BCUT2D eigenvalue weighted by atomic mass is 9.84. The van der Waals surface area contributed by atoms with E-state index in [-0.39, 0.29) is 11.7 Å². The highest BCUT2D eigenvalue weighted by molar-refractivity contribution is 5.85. The Labute approximate surface area is 182 Å². The van der Waals surface area contributed by atoms with E-state index < -0.39 is 11.9 Å². The molecule has 3 aromatic rings. The van der Waals surface area contributed by atoms with Gasteiger partial charge in [0.25, 0.3) is 0 Å². The summed E-state index contributed by atoms with van der Waals surface area (Å²) in [5, 5.41) is 13.2. The van der Waals surface area contributed by atoms with Crippen molar-refractivity contribution >= 4 is 10.8 Å². The molecule has 0 saturated carbocycles. The number of benzene rings is 3. The zero-order valence-electron chi connectivity index (χ0n) is 17.5. The number of nitrogens with zero attached hydrogens (tertiary/aromatic N) is 1. The molecule has 0 aliphatic carbocycles. The maximum Gasteiger partial charge on any atom is 0.197 e. The van der Waals surface area contributed by atoms with E-state index in [0.29, 0.717) is 19.8 Å². The maximum absolute atomic E-state index is 13.4. The van der Waals surface area contributed by atoms with Crippen molar-refractivity contribution in [3.8, 4) is 0 Å². The fourth-order valence-corrected chi connectivity index (χ4v) is 5.13. The monoisotopic (exact) mass is 421 g/mol. The Morgan fingerprint density at radius 1 is 0.935 bits per heavy atom. The van der Waals surface area contributed by atoms with Crippen LogP contribution in [0.2, 0.25) is 0 Å². The highest BCUT2D eigenvalue weighted by Gasteiger charge is 2.47. The number of fused-ring (bicyclic) bond motifs is 1. The Morgan fingerprint density at radius 3 is 2.35 bits per heavy atom. The van der Waals surface area contributed by atoms with Crippen LogP contribution in [0.1, 0.15) is 30.1 Å². The molecule has 5 rings (SSSR count). The molecule has 2 saturated heterocycles. The highest BCUT2D eigenvalue weighted by Crippen LogP contribution is 2.43. The summed E-state index contributed by atoms with van der Waals surface area (Å²) in [6, 6.07) is 20.8. The van der Waals surface area contributed by atoms with E-state index in [1.165, 1.54) is 12.1 Å². The van der Waals surface area contributed by atoms with E-state index in [1.54, 1.807) is 12.1 Å². The molecule has 2 aliphatic rings. The molecule has 2 heterocycles. The normalized spacial score (nSPS) is 20.8. The third kappa shape index (κ3) is 3.99. The molecule has 0 radical (unpaired) electrons. The average Bonchev–Trinajstić information content (AvgIpc) is 3.31. The minimum absolute atomic E-state index is 0.200. The first kappa shape index (κ1) is 20.6. The van der Waals surface area contributed by atoms with Crippen LogP contribution in [0.25, 0.3) is 10.8 Å². The second-order valence-corrected chi connectivity index (χ2v) is 8.53. The van der Waals surface area contributed by atoms with E-state index in [0.717, 1.165) is 47.8 Å². The molecule has 0 aromatic heterocycles. The van der Waals surface area contributed by atoms with E-state index in [1.807, 2.05) is 24.3 Å². The molecule has 3 aromatic carbocycles. The summed E-state index contributed by atoms with van der Waals surface area (Å²) >= 11 is 0. The molecule has 2 fully saturated rings. The maximum atomic E-state index is 13.4. The zero-order valence-corrected chi connectivity index (χ0v) is 17.5. The van der Waals surface area contributed by atoms with Gasteiger partial charge in [-0.15, -0.1) is 0 Å². The Balaban J connectivity index is 1.27. The predicted molar refractivity (Wildman–Crippen MR) is 118 cm³/mol. The van der Waals surface area contributed by atoms with Crippen molar-refractivity contribution in [1.82, 2.24) is 4.90 Å². The molecule has 1 unspecified atom stereocenters. The van der Waals surface area contributed by atoms with Gasteiger partial charge in [-0.2, -0.15) is 0 Å². The number of hydrogen-bond donors (Lipinski definition) is 1. The first-order valence-corrected chi connectivity index (χ1v) is 11.1. The lowest BCUT2D eigenvalue weighted by Crippen LogP contribution is -2.45. The topological polar surface area (TPSA) is 41.9 Å². The van der Waals surface area contributed by atoms with Crippen LogP contribution in [0.4, 0.5) is 4.39 Å². The number of likely N-dealkylation sites (tertiary alicyclic amines) is 1. The average molecular weight is 422 g/mol. The number of ether oxygens (including phenoxy) is 2. The van der Waals surface area contributed by atoms with Crippen LogP contribution in [0.5, 0.6) is 0 Å². The Morgan fingerprint density at radius 2 is 1.61 bits per heavy atom. The quantitative estimate of drug-likeness (QED) is 0.653. The van der Waals surface area contributed by atoms with Crippen LogP contribution in [0, 0.1) is 11.7 Å². The second kappa shape index (κ2) is 8.67. The molecule has 4 nitrogen and oxygen atoms in total. The van der Waals surface area contributed by atoms with Gasteiger partial charge >= 0.3 is 0 Å². The Hall–Kier alpha value is -2.31. The number of piperidine rings is 1. The number of β-amino-alcohol motifs (C(OH)–C–C–N with tert-alkyl or cyclic N) is 1. The van der Waals surface area contributed by atoms with E-state index in [2.05, 4.69) is 23.1 Å². The van der Waals surface area contributed by atoms with Crippen LogP contribution < -0.4 is 0 Å². The van der Waals surface area contributed by atoms with Gasteiger partial charge in [0.15, 0.2) is 5.79 Å². The molecule has 1 N–H and O–H groups in total. The molecule has 2 aliphatic heterocycles. The molecule has 5 heteroatoms. The molecular weight excluding hydrogens is 393 g/mol. The minimum Gasteiger partial charge on any atom is -0.387 e. The smallest absolute Gasteiger partial charge is 0.197 e. The van der Waals surface area contributed by atoms with Gasteiger partial charge in [0.1, 0.15) is 5.82 Å². The van der Waals surface area contributed by atoms with Gasteiger partial charge < -0.3 is 19.5 Å². The van der Waals surface area contributed by atoms with Crippen molar-refractivity contribution < 1.29 is 19.0 Å². The van der Waals surface area contributed by atoms with Crippen molar-refractivity contribution in [2.75, 3.05) is 32.8 Å². The van der Waals surface area contributed by atoms with Crippen molar-refractivity contribution in [2.45, 2.75) is 24.7 Å². The van der Waals surface area contributed by atoms with Crippen molar-refractivity contribution in [3.05, 3.63) is 83.7 Å². The van der Waals surface area contributed by atoms with Gasteiger partial charge in [-0.05, 0) is 54.4 Å². The second-order valence-electron chi connectivity index (χ2n) is 8.53. The van der Waals surface area contributed by atoms with Crippen LogP contribution in [0.3, 0.4) is 0 Å². The number of rotatable bonds is 5. The lowest BCUT2D eigenvalue weighted by Gasteiger charge is -2.41. The van der Waals surface area contributed by atoms with Crippen LogP contribution in [-0.2, 0) is 15.3 Å². The highest BCUT2D eigenvalue weighted by atomic mass is 19.1. The zero-order chi connectivity index (χ0) is 21.3. The van der Waals surface area contributed by atoms with Crippen LogP contribution >= 0.6 is 0 Å². The predicted octanol–water partition coefficient (Wildman–Crippen LogP) is 4.62. The van der Waals surface area contributed by atoms with Crippen molar-refractivity contribution in [3.63, 3.8) is 0 Å². The van der Waals surface area contributed by atoms with Gasteiger partial charge in [-0.25, -0.2) is 4.39 Å². The van der Waals surface area contributed by atoms with Crippen molar-refractivity contribution in [1.29, 1.82) is 0 Å². The molecule has 0 amide bonds. The van der Waals surface area contributed by atoms with Gasteiger partial charge in [0.05, 0.1) is 19.3 Å². The SMILES string of the molecule is OC(CN1CCC(C2(c3ccc(F)cc3)OCCO2)CC1)c1cccc2ccccc12. The molecule has 0 spiro atoms. The van der Waals surface area contributed by atoms with Gasteiger partial charge in [-0.3, -0.25) is 0 Å². The third-order valence-electron chi connectivity index (χ3n) is 6.70. The van der Waals surface area contributed by atoms with Gasteiger partial charge in [0.2, 0.25) is 0 Å². The fourth-order valence-electron chi connectivity index (χ4n) is 5.13. The Kier molecular flexibility index (Phi) is 5.76. The number of aliphatic hydroxyl groups excluding tert-OH is 1. The summed E-state index contributed by atoms with van der Waals surface area (Å²) in [5.41, 5.74) is 1.87. The van der Waals surface area contributed by atoms with E-state index >= 15 is 0 Å². The fraction of sp³-hybridized carbons (Fsp3) is 0.385. The summed E-state index contributed by atoms with van der Waals surface area (Å²) in [6.07, 6.45) is 1.27. The largest absolute Gasteiger partial charge is 0.387 e. The van der Waals surface area contributed by atoms with Gasteiger partial charge in [0, 0.05) is 18.0 Å². The van der Waals surface area contributed by atoms with E-state index in [9.17, 15) is 9.50 Å². The summed E-state index contributed by atoms with van der Waals surface area (Å²) in [5.74, 6) is -0.839. The summed E-state index contributed by atoms with van der Waals surface area (Å²) in [7, 11) is 0. The molecule has 31 heavy (non-hydrogen) atoms. The van der Waals surface area contributed by atoms with Crippen molar-refractivity contribution in [2.24, 2.45) is 5.92 Å². The third-order valence-corrected chi connectivity index (χ3v) is 6.70. The van der Waals surface area contributed by atoms with Crippen LogP contribution in [0.15, 0.2) is 66.7 Å². The summed E-state index contributed by atoms with van der Waals surface area (Å²) in [4.78, 5) is 2.32. The molecule has 1 atom stereocenters.